The SMILES string of the molecule is Cc1ccc(N2CCCC2=O)c(NC(C#N)=C(C#N)C#N)c1. The normalized spacial score (nSPS) is 13.0. The maximum absolute atomic E-state index is 11.9. The van der Waals surface area contributed by atoms with Gasteiger partial charge in [-0.1, -0.05) is 6.07 Å². The molecule has 1 heterocycles. The highest BCUT2D eigenvalue weighted by Gasteiger charge is 2.24. The van der Waals surface area contributed by atoms with Crippen LogP contribution in [0.25, 0.3) is 0 Å². The number of carbonyl (C=O) groups excluding carboxylic acids is 1. The van der Waals surface area contributed by atoms with Crippen molar-refractivity contribution in [3.8, 4) is 18.2 Å². The number of rotatable bonds is 3. The van der Waals surface area contributed by atoms with Crippen molar-refractivity contribution in [3.05, 3.63) is 35.0 Å². The molecule has 1 N–H and O–H groups in total. The van der Waals surface area contributed by atoms with Crippen molar-refractivity contribution in [2.75, 3.05) is 16.8 Å². The zero-order valence-corrected chi connectivity index (χ0v) is 12.1. The first kappa shape index (κ1) is 15.1. The molecule has 2 rings (SSSR count). The van der Waals surface area contributed by atoms with Crippen LogP contribution < -0.4 is 10.2 Å². The molecular weight excluding hydrogens is 278 g/mol. The van der Waals surface area contributed by atoms with Crippen LogP contribution in [0, 0.1) is 40.9 Å². The third-order valence-corrected chi connectivity index (χ3v) is 3.36. The second kappa shape index (κ2) is 6.43. The first-order chi connectivity index (χ1) is 10.6. The van der Waals surface area contributed by atoms with Crippen LogP contribution in [0.4, 0.5) is 11.4 Å². The minimum absolute atomic E-state index is 0.0233. The van der Waals surface area contributed by atoms with E-state index < -0.39 is 0 Å². The fourth-order valence-electron chi connectivity index (χ4n) is 2.31. The molecule has 1 fully saturated rings. The minimum atomic E-state index is -0.289. The highest BCUT2D eigenvalue weighted by atomic mass is 16.2. The molecule has 1 aliphatic rings. The average molecular weight is 291 g/mol. The number of nitrogens with zero attached hydrogens (tertiary/aromatic N) is 4. The molecule has 22 heavy (non-hydrogen) atoms. The van der Waals surface area contributed by atoms with E-state index in [1.54, 1.807) is 29.2 Å². The predicted octanol–water partition coefficient (Wildman–Crippen LogP) is 2.36. The van der Waals surface area contributed by atoms with E-state index in [4.69, 9.17) is 15.8 Å². The van der Waals surface area contributed by atoms with Gasteiger partial charge in [0.25, 0.3) is 0 Å². The summed E-state index contributed by atoms with van der Waals surface area (Å²) in [6.07, 6.45) is 1.28. The van der Waals surface area contributed by atoms with Gasteiger partial charge in [-0.3, -0.25) is 4.79 Å². The number of hydrogen-bond donors (Lipinski definition) is 1. The number of amides is 1. The molecule has 1 saturated heterocycles. The van der Waals surface area contributed by atoms with E-state index >= 15 is 0 Å². The van der Waals surface area contributed by atoms with Gasteiger partial charge in [-0.25, -0.2) is 0 Å². The average Bonchev–Trinajstić information content (AvgIpc) is 2.93. The smallest absolute Gasteiger partial charge is 0.227 e. The lowest BCUT2D eigenvalue weighted by Crippen LogP contribution is -2.24. The van der Waals surface area contributed by atoms with Crippen LogP contribution in [0.5, 0.6) is 0 Å². The minimum Gasteiger partial charge on any atom is -0.343 e. The highest BCUT2D eigenvalue weighted by molar-refractivity contribution is 5.98. The van der Waals surface area contributed by atoms with Crippen LogP contribution in [-0.4, -0.2) is 12.5 Å². The van der Waals surface area contributed by atoms with Gasteiger partial charge < -0.3 is 10.2 Å². The summed E-state index contributed by atoms with van der Waals surface area (Å²) in [6.45, 7) is 2.50. The third-order valence-electron chi connectivity index (χ3n) is 3.36. The van der Waals surface area contributed by atoms with Crippen molar-refractivity contribution in [1.82, 2.24) is 0 Å². The fourth-order valence-corrected chi connectivity index (χ4v) is 2.31. The third kappa shape index (κ3) is 2.90. The van der Waals surface area contributed by atoms with Gasteiger partial charge in [0.1, 0.15) is 23.9 Å². The van der Waals surface area contributed by atoms with Gasteiger partial charge in [-0.2, -0.15) is 15.8 Å². The van der Waals surface area contributed by atoms with Gasteiger partial charge in [0.15, 0.2) is 5.57 Å². The Labute approximate surface area is 128 Å². The Hall–Kier alpha value is -3.30. The van der Waals surface area contributed by atoms with Crippen LogP contribution in [-0.2, 0) is 4.79 Å². The first-order valence-corrected chi connectivity index (χ1v) is 6.73. The van der Waals surface area contributed by atoms with E-state index in [0.29, 0.717) is 24.3 Å². The second-order valence-corrected chi connectivity index (χ2v) is 4.88. The summed E-state index contributed by atoms with van der Waals surface area (Å²) in [5, 5.41) is 29.8. The molecule has 1 aromatic rings. The number of nitrogens with one attached hydrogen (secondary N) is 1. The van der Waals surface area contributed by atoms with Crippen LogP contribution in [0.3, 0.4) is 0 Å². The molecule has 1 aliphatic heterocycles. The van der Waals surface area contributed by atoms with Gasteiger partial charge in [-0.05, 0) is 31.0 Å². The van der Waals surface area contributed by atoms with E-state index in [1.807, 2.05) is 19.1 Å². The van der Waals surface area contributed by atoms with E-state index in [-0.39, 0.29) is 17.2 Å². The molecule has 0 bridgehead atoms. The first-order valence-electron chi connectivity index (χ1n) is 6.73. The molecule has 0 atom stereocenters. The lowest BCUT2D eigenvalue weighted by molar-refractivity contribution is -0.117. The van der Waals surface area contributed by atoms with E-state index in [1.165, 1.54) is 0 Å². The summed E-state index contributed by atoms with van der Waals surface area (Å²) in [7, 11) is 0. The second-order valence-electron chi connectivity index (χ2n) is 4.88. The molecule has 0 aliphatic carbocycles. The molecule has 0 saturated carbocycles. The zero-order valence-electron chi connectivity index (χ0n) is 12.1. The molecule has 6 heteroatoms. The molecule has 0 unspecified atom stereocenters. The molecule has 1 aromatic carbocycles. The lowest BCUT2D eigenvalue weighted by Gasteiger charge is -2.20. The van der Waals surface area contributed by atoms with Crippen LogP contribution in [0.2, 0.25) is 0 Å². The predicted molar refractivity (Wildman–Crippen MR) is 80.3 cm³/mol. The number of carbonyl (C=O) groups is 1. The molecule has 1 amide bonds. The lowest BCUT2D eigenvalue weighted by atomic mass is 10.1. The van der Waals surface area contributed by atoms with Crippen LogP contribution in [0.1, 0.15) is 18.4 Å². The van der Waals surface area contributed by atoms with Crippen molar-refractivity contribution < 1.29 is 4.79 Å². The Balaban J connectivity index is 2.48. The van der Waals surface area contributed by atoms with Crippen molar-refractivity contribution >= 4 is 17.3 Å². The van der Waals surface area contributed by atoms with Crippen LogP contribution in [0.15, 0.2) is 29.5 Å². The van der Waals surface area contributed by atoms with Gasteiger partial charge in [0.05, 0.1) is 11.4 Å². The van der Waals surface area contributed by atoms with E-state index in [2.05, 4.69) is 5.32 Å². The monoisotopic (exact) mass is 291 g/mol. The number of allylic oxidation sites excluding steroid dienone is 2. The number of hydrogen-bond acceptors (Lipinski definition) is 5. The summed E-state index contributed by atoms with van der Waals surface area (Å²) in [5.74, 6) is 0.0233. The van der Waals surface area contributed by atoms with Gasteiger partial charge >= 0.3 is 0 Å². The van der Waals surface area contributed by atoms with E-state index in [0.717, 1.165) is 12.0 Å². The highest BCUT2D eigenvalue weighted by Crippen LogP contribution is 2.31. The van der Waals surface area contributed by atoms with Gasteiger partial charge in [0, 0.05) is 13.0 Å². The molecule has 108 valence electrons. The molecule has 0 spiro atoms. The quantitative estimate of drug-likeness (QED) is 0.861. The van der Waals surface area contributed by atoms with Crippen molar-refractivity contribution in [3.63, 3.8) is 0 Å². The van der Waals surface area contributed by atoms with Crippen molar-refractivity contribution in [2.24, 2.45) is 0 Å². The topological polar surface area (TPSA) is 104 Å². The largest absolute Gasteiger partial charge is 0.343 e. The summed E-state index contributed by atoms with van der Waals surface area (Å²) in [4.78, 5) is 13.6. The van der Waals surface area contributed by atoms with Crippen molar-refractivity contribution in [2.45, 2.75) is 19.8 Å². The Bertz CT molecular complexity index is 757. The zero-order chi connectivity index (χ0) is 16.1. The van der Waals surface area contributed by atoms with Gasteiger partial charge in [-0.15, -0.1) is 0 Å². The fraction of sp³-hybridized carbons (Fsp3) is 0.250. The Morgan fingerprint density at radius 2 is 1.95 bits per heavy atom. The van der Waals surface area contributed by atoms with Crippen molar-refractivity contribution in [1.29, 1.82) is 15.8 Å². The Kier molecular flexibility index (Phi) is 4.41. The number of benzene rings is 1. The summed E-state index contributed by atoms with van der Waals surface area (Å²) in [5.41, 5.74) is 1.71. The summed E-state index contributed by atoms with van der Waals surface area (Å²) >= 11 is 0. The molecule has 0 aromatic heterocycles. The van der Waals surface area contributed by atoms with Crippen LogP contribution >= 0.6 is 0 Å². The number of nitriles is 3. The maximum Gasteiger partial charge on any atom is 0.227 e. The molecular formula is C16H13N5O. The summed E-state index contributed by atoms with van der Waals surface area (Å²) < 4.78 is 0. The maximum atomic E-state index is 11.9. The number of aryl methyl sites for hydroxylation is 1. The molecule has 6 nitrogen and oxygen atoms in total. The number of anilines is 2. The standard InChI is InChI=1S/C16H13N5O/c1-11-4-5-15(21-6-2-3-16(21)22)13(7-11)20-14(10-19)12(8-17)9-18/h4-5,7,20H,2-3,6H2,1H3. The molecule has 0 radical (unpaired) electrons. The summed E-state index contributed by atoms with van der Waals surface area (Å²) in [6, 6.07) is 10.7. The Morgan fingerprint density at radius 3 is 2.50 bits per heavy atom. The Morgan fingerprint density at radius 1 is 1.23 bits per heavy atom. The van der Waals surface area contributed by atoms with E-state index in [9.17, 15) is 4.79 Å². The van der Waals surface area contributed by atoms with Gasteiger partial charge in [0.2, 0.25) is 5.91 Å².